The Hall–Kier alpha value is -1.53. The number of carbonyl (C=O) groups excluding carboxylic acids is 2. The summed E-state index contributed by atoms with van der Waals surface area (Å²) >= 11 is 1.35. The quantitative estimate of drug-likeness (QED) is 0.810. The molecule has 2 amide bonds. The van der Waals surface area contributed by atoms with Gasteiger partial charge in [0.2, 0.25) is 11.8 Å². The van der Waals surface area contributed by atoms with Crippen molar-refractivity contribution < 1.29 is 9.59 Å². The fraction of sp³-hybridized carbons (Fsp3) is 0.529. The predicted octanol–water partition coefficient (Wildman–Crippen LogP) is 1.70. The number of hydrogen-bond donors (Lipinski definition) is 2. The van der Waals surface area contributed by atoms with E-state index in [9.17, 15) is 9.59 Å². The van der Waals surface area contributed by atoms with Gasteiger partial charge in [0.1, 0.15) is 0 Å². The third-order valence-corrected chi connectivity index (χ3v) is 6.64. The maximum absolute atomic E-state index is 12.9. The van der Waals surface area contributed by atoms with Crippen molar-refractivity contribution in [1.29, 1.82) is 0 Å². The van der Waals surface area contributed by atoms with Crippen molar-refractivity contribution in [2.45, 2.75) is 35.4 Å². The Labute approximate surface area is 140 Å². The van der Waals surface area contributed by atoms with Gasteiger partial charge in [0, 0.05) is 17.5 Å². The molecule has 4 aliphatic rings. The van der Waals surface area contributed by atoms with Crippen LogP contribution in [0.15, 0.2) is 29.2 Å². The maximum Gasteiger partial charge on any atom is 0.250 e. The van der Waals surface area contributed by atoms with Gasteiger partial charge < -0.3 is 15.5 Å². The number of nitrogens with zero attached hydrogens (tertiary/aromatic N) is 1. The van der Waals surface area contributed by atoms with Crippen LogP contribution in [0.4, 0.5) is 5.69 Å². The minimum Gasteiger partial charge on any atom is -0.350 e. The van der Waals surface area contributed by atoms with Crippen LogP contribution in [-0.4, -0.2) is 47.1 Å². The third kappa shape index (κ3) is 2.54. The van der Waals surface area contributed by atoms with E-state index in [4.69, 9.17) is 0 Å². The van der Waals surface area contributed by atoms with Crippen molar-refractivity contribution in [3.8, 4) is 0 Å². The molecule has 0 saturated carbocycles. The SMILES string of the molecule is CC1(C(=O)NC2CN3CCC2CC3)Sc2ccccc2NC1=O. The molecule has 4 aliphatic heterocycles. The van der Waals surface area contributed by atoms with Crippen LogP contribution in [0.3, 0.4) is 0 Å². The molecular formula is C17H21N3O2S. The van der Waals surface area contributed by atoms with Gasteiger partial charge in [-0.15, -0.1) is 0 Å². The topological polar surface area (TPSA) is 61.4 Å². The molecule has 0 aliphatic carbocycles. The number of thioether (sulfide) groups is 1. The van der Waals surface area contributed by atoms with Crippen molar-refractivity contribution >= 4 is 29.3 Å². The lowest BCUT2D eigenvalue weighted by atomic mass is 9.84. The molecule has 2 bridgehead atoms. The first kappa shape index (κ1) is 15.0. The zero-order valence-corrected chi connectivity index (χ0v) is 14.0. The van der Waals surface area contributed by atoms with E-state index in [1.165, 1.54) is 11.8 Å². The molecule has 6 heteroatoms. The molecule has 5 rings (SSSR count). The summed E-state index contributed by atoms with van der Waals surface area (Å²) in [5.41, 5.74) is 0.788. The zero-order chi connectivity index (χ0) is 16.0. The summed E-state index contributed by atoms with van der Waals surface area (Å²) in [5, 5.41) is 6.03. The van der Waals surface area contributed by atoms with Crippen LogP contribution in [-0.2, 0) is 9.59 Å². The second kappa shape index (κ2) is 5.53. The van der Waals surface area contributed by atoms with Crippen LogP contribution < -0.4 is 10.6 Å². The molecular weight excluding hydrogens is 310 g/mol. The molecule has 5 nitrogen and oxygen atoms in total. The van der Waals surface area contributed by atoms with Gasteiger partial charge >= 0.3 is 0 Å². The predicted molar refractivity (Wildman–Crippen MR) is 90.4 cm³/mol. The average Bonchev–Trinajstić information content (AvgIpc) is 2.57. The Kier molecular flexibility index (Phi) is 3.61. The highest BCUT2D eigenvalue weighted by Gasteiger charge is 2.47. The lowest BCUT2D eigenvalue weighted by Crippen LogP contribution is -2.61. The fourth-order valence-corrected chi connectivity index (χ4v) is 4.86. The number of hydrogen-bond acceptors (Lipinski definition) is 4. The van der Waals surface area contributed by atoms with Gasteiger partial charge in [0.15, 0.2) is 4.75 Å². The lowest BCUT2D eigenvalue weighted by Gasteiger charge is -2.45. The largest absolute Gasteiger partial charge is 0.350 e. The van der Waals surface area contributed by atoms with Gasteiger partial charge in [0.25, 0.3) is 0 Å². The number of rotatable bonds is 2. The second-order valence-corrected chi connectivity index (χ2v) is 8.26. The number of nitrogens with one attached hydrogen (secondary N) is 2. The van der Waals surface area contributed by atoms with Crippen LogP contribution in [0.2, 0.25) is 0 Å². The number of para-hydroxylation sites is 1. The van der Waals surface area contributed by atoms with Crippen molar-refractivity contribution in [2.24, 2.45) is 5.92 Å². The minimum atomic E-state index is -1.11. The summed E-state index contributed by atoms with van der Waals surface area (Å²) in [7, 11) is 0. The first-order valence-electron chi connectivity index (χ1n) is 8.19. The highest BCUT2D eigenvalue weighted by atomic mass is 32.2. The van der Waals surface area contributed by atoms with E-state index >= 15 is 0 Å². The van der Waals surface area contributed by atoms with Crippen LogP contribution in [0.5, 0.6) is 0 Å². The van der Waals surface area contributed by atoms with Gasteiger partial charge in [-0.3, -0.25) is 9.59 Å². The summed E-state index contributed by atoms with van der Waals surface area (Å²) in [5.74, 6) is 0.143. The van der Waals surface area contributed by atoms with Gasteiger partial charge in [-0.05, 0) is 50.9 Å². The van der Waals surface area contributed by atoms with Crippen LogP contribution in [0, 0.1) is 5.92 Å². The highest BCUT2D eigenvalue weighted by Crippen LogP contribution is 2.42. The van der Waals surface area contributed by atoms with Crippen molar-refractivity contribution in [3.63, 3.8) is 0 Å². The fourth-order valence-electron chi connectivity index (χ4n) is 3.75. The highest BCUT2D eigenvalue weighted by molar-refractivity contribution is 8.02. The average molecular weight is 331 g/mol. The summed E-state index contributed by atoms with van der Waals surface area (Å²) in [6, 6.07) is 7.79. The van der Waals surface area contributed by atoms with Gasteiger partial charge in [0.05, 0.1) is 5.69 Å². The summed E-state index contributed by atoms with van der Waals surface area (Å²) in [4.78, 5) is 28.7. The molecule has 2 unspecified atom stereocenters. The molecule has 4 heterocycles. The standard InChI is InChI=1S/C17H21N3O2S/c1-17(15(21)18-12-4-2-3-5-14(12)23-17)16(22)19-13-10-20-8-6-11(13)7-9-20/h2-5,11,13H,6-10H2,1H3,(H,18,21)(H,19,22). The normalized spacial score (nSPS) is 35.3. The summed E-state index contributed by atoms with van der Waals surface area (Å²) < 4.78 is -1.11. The molecule has 3 saturated heterocycles. The Morgan fingerprint density at radius 3 is 2.78 bits per heavy atom. The maximum atomic E-state index is 12.9. The van der Waals surface area contributed by atoms with Gasteiger partial charge in [-0.1, -0.05) is 23.9 Å². The van der Waals surface area contributed by atoms with E-state index in [-0.39, 0.29) is 17.9 Å². The molecule has 1 aromatic carbocycles. The molecule has 0 aromatic heterocycles. The molecule has 1 aromatic rings. The number of benzene rings is 1. The Morgan fingerprint density at radius 2 is 2.09 bits per heavy atom. The number of carbonyl (C=O) groups is 2. The first-order valence-corrected chi connectivity index (χ1v) is 9.01. The molecule has 3 fully saturated rings. The van der Waals surface area contributed by atoms with E-state index in [0.717, 1.165) is 43.1 Å². The van der Waals surface area contributed by atoms with E-state index in [1.54, 1.807) is 6.92 Å². The smallest absolute Gasteiger partial charge is 0.250 e. The van der Waals surface area contributed by atoms with E-state index < -0.39 is 4.75 Å². The number of anilines is 1. The van der Waals surface area contributed by atoms with Crippen molar-refractivity contribution in [2.75, 3.05) is 25.0 Å². The van der Waals surface area contributed by atoms with Gasteiger partial charge in [-0.2, -0.15) is 0 Å². The second-order valence-electron chi connectivity index (χ2n) is 6.80. The van der Waals surface area contributed by atoms with Crippen LogP contribution >= 0.6 is 11.8 Å². The minimum absolute atomic E-state index is 0.173. The molecule has 0 spiro atoms. The van der Waals surface area contributed by atoms with Crippen LogP contribution in [0.25, 0.3) is 0 Å². The molecule has 122 valence electrons. The summed E-state index contributed by atoms with van der Waals surface area (Å²) in [6.45, 7) is 4.91. The molecule has 23 heavy (non-hydrogen) atoms. The van der Waals surface area contributed by atoms with E-state index in [2.05, 4.69) is 15.5 Å². The summed E-state index contributed by atoms with van der Waals surface area (Å²) in [6.07, 6.45) is 2.29. The molecule has 2 atom stereocenters. The van der Waals surface area contributed by atoms with E-state index in [0.29, 0.717) is 5.92 Å². The Bertz CT molecular complexity index is 657. The monoisotopic (exact) mass is 331 g/mol. The Morgan fingerprint density at radius 1 is 1.35 bits per heavy atom. The number of fused-ring (bicyclic) bond motifs is 4. The lowest BCUT2D eigenvalue weighted by molar-refractivity contribution is -0.131. The zero-order valence-electron chi connectivity index (χ0n) is 13.2. The van der Waals surface area contributed by atoms with Gasteiger partial charge in [-0.25, -0.2) is 0 Å². The number of piperidine rings is 3. The Balaban J connectivity index is 1.52. The van der Waals surface area contributed by atoms with Crippen molar-refractivity contribution in [3.05, 3.63) is 24.3 Å². The van der Waals surface area contributed by atoms with E-state index in [1.807, 2.05) is 24.3 Å². The molecule has 2 N–H and O–H groups in total. The third-order valence-electron chi connectivity index (χ3n) is 5.29. The van der Waals surface area contributed by atoms with Crippen molar-refractivity contribution in [1.82, 2.24) is 10.2 Å². The van der Waals surface area contributed by atoms with Crippen LogP contribution in [0.1, 0.15) is 19.8 Å². The number of amides is 2. The first-order chi connectivity index (χ1) is 11.1. The molecule has 0 radical (unpaired) electrons.